The number of carbonyl (C=O) groups is 4. The molecule has 9 N–H and O–H groups in total. The van der Waals surface area contributed by atoms with Crippen molar-refractivity contribution in [3.63, 3.8) is 0 Å². The summed E-state index contributed by atoms with van der Waals surface area (Å²) in [5.41, 5.74) is 12.2. The van der Waals surface area contributed by atoms with Crippen LogP contribution in [-0.4, -0.2) is 96.4 Å². The number of nitrogens with one attached hydrogen (secondary N) is 1. The summed E-state index contributed by atoms with van der Waals surface area (Å²) in [5.74, 6) is -2.05. The Kier molecular flexibility index (Phi) is 20.6. The third-order valence-corrected chi connectivity index (χ3v) is 8.15. The van der Waals surface area contributed by atoms with Crippen molar-refractivity contribution in [2.75, 3.05) is 34.0 Å². The van der Waals surface area contributed by atoms with Crippen LogP contribution in [0.2, 0.25) is 0 Å². The number of carboxylic acids is 2. The molecule has 0 aliphatic heterocycles. The SMILES string of the molecule is COCCCOc1cc(C[C@@H](C[C@H](N)[C@@H](O)C[C@H](C(=O)NCC(C)(C)C(N)=O)C(C)C)C(C)C)ccc1OC.O=C(O)CC(O)C(=O)O. The predicted molar refractivity (Wildman–Crippen MR) is 180 cm³/mol. The van der Waals surface area contributed by atoms with E-state index >= 15 is 0 Å². The minimum atomic E-state index is -1.79. The molecule has 0 aromatic heterocycles. The number of aliphatic carboxylic acids is 2. The highest BCUT2D eigenvalue weighted by Crippen LogP contribution is 2.32. The van der Waals surface area contributed by atoms with Crippen molar-refractivity contribution in [2.45, 2.75) is 91.9 Å². The van der Waals surface area contributed by atoms with Gasteiger partial charge >= 0.3 is 11.9 Å². The van der Waals surface area contributed by atoms with Gasteiger partial charge in [0.05, 0.1) is 31.7 Å². The van der Waals surface area contributed by atoms with Gasteiger partial charge in [0, 0.05) is 38.6 Å². The topological polar surface area (TPSA) is 241 Å². The van der Waals surface area contributed by atoms with Crippen LogP contribution < -0.4 is 26.3 Å². The first-order valence-electron chi connectivity index (χ1n) is 16.2. The van der Waals surface area contributed by atoms with Gasteiger partial charge in [-0.3, -0.25) is 14.4 Å². The van der Waals surface area contributed by atoms with Crippen molar-refractivity contribution in [1.82, 2.24) is 5.32 Å². The van der Waals surface area contributed by atoms with Gasteiger partial charge in [0.25, 0.3) is 0 Å². The second-order valence-electron chi connectivity index (χ2n) is 13.4. The lowest BCUT2D eigenvalue weighted by Crippen LogP contribution is -2.46. The van der Waals surface area contributed by atoms with Gasteiger partial charge < -0.3 is 51.4 Å². The summed E-state index contributed by atoms with van der Waals surface area (Å²) in [6.07, 6.45) is -0.984. The van der Waals surface area contributed by atoms with Gasteiger partial charge in [-0.1, -0.05) is 33.8 Å². The molecule has 0 saturated carbocycles. The quantitative estimate of drug-likeness (QED) is 0.0869. The van der Waals surface area contributed by atoms with E-state index in [2.05, 4.69) is 19.2 Å². The van der Waals surface area contributed by atoms with Crippen molar-refractivity contribution >= 4 is 23.8 Å². The summed E-state index contributed by atoms with van der Waals surface area (Å²) in [5, 5.41) is 38.0. The van der Waals surface area contributed by atoms with Gasteiger partial charge in [-0.05, 0) is 68.6 Å². The van der Waals surface area contributed by atoms with Crippen LogP contribution in [0.3, 0.4) is 0 Å². The number of primary amides is 1. The average molecular weight is 686 g/mol. The summed E-state index contributed by atoms with van der Waals surface area (Å²) in [6, 6.07) is 5.47. The van der Waals surface area contributed by atoms with Crippen LogP contribution >= 0.6 is 0 Å². The third kappa shape index (κ3) is 17.1. The number of carboxylic acid groups (broad SMARTS) is 2. The molecule has 0 aliphatic carbocycles. The van der Waals surface area contributed by atoms with Gasteiger partial charge in [0.1, 0.15) is 0 Å². The van der Waals surface area contributed by atoms with Crippen LogP contribution in [0.4, 0.5) is 0 Å². The van der Waals surface area contributed by atoms with E-state index in [1.807, 2.05) is 32.0 Å². The first-order valence-corrected chi connectivity index (χ1v) is 16.2. The highest BCUT2D eigenvalue weighted by Gasteiger charge is 2.32. The Balaban J connectivity index is 0.00000213. The molecule has 0 spiro atoms. The van der Waals surface area contributed by atoms with Crippen molar-refractivity contribution in [3.05, 3.63) is 23.8 Å². The fourth-order valence-electron chi connectivity index (χ4n) is 4.64. The molecular weight excluding hydrogens is 626 g/mol. The Morgan fingerprint density at radius 3 is 2.02 bits per heavy atom. The van der Waals surface area contributed by atoms with Gasteiger partial charge in [-0.15, -0.1) is 0 Å². The molecule has 0 fully saturated rings. The highest BCUT2D eigenvalue weighted by molar-refractivity contribution is 5.83. The average Bonchev–Trinajstić information content (AvgIpc) is 3.00. The van der Waals surface area contributed by atoms with Crippen molar-refractivity contribution < 1.29 is 53.8 Å². The monoisotopic (exact) mass is 685 g/mol. The smallest absolute Gasteiger partial charge is 0.333 e. The number of aliphatic hydroxyl groups excluding tert-OH is 2. The van der Waals surface area contributed by atoms with Crippen LogP contribution in [0.1, 0.15) is 72.8 Å². The Hall–Kier alpha value is -3.46. The second kappa shape index (κ2) is 22.2. The van der Waals surface area contributed by atoms with Crippen LogP contribution in [0.25, 0.3) is 0 Å². The van der Waals surface area contributed by atoms with Crippen molar-refractivity contribution in [3.8, 4) is 11.5 Å². The van der Waals surface area contributed by atoms with Crippen LogP contribution in [-0.2, 0) is 30.3 Å². The molecule has 0 radical (unpaired) electrons. The Morgan fingerprint density at radius 2 is 1.56 bits per heavy atom. The number of hydrogen-bond donors (Lipinski definition) is 7. The number of aliphatic hydroxyl groups is 2. The van der Waals surface area contributed by atoms with E-state index < -0.39 is 53.8 Å². The maximum absolute atomic E-state index is 12.9. The first-order chi connectivity index (χ1) is 22.3. The lowest BCUT2D eigenvalue weighted by atomic mass is 9.80. The maximum Gasteiger partial charge on any atom is 0.333 e. The number of ether oxygens (including phenoxy) is 3. The van der Waals surface area contributed by atoms with E-state index in [9.17, 15) is 24.3 Å². The fourth-order valence-corrected chi connectivity index (χ4v) is 4.64. The predicted octanol–water partition coefficient (Wildman–Crippen LogP) is 2.20. The van der Waals surface area contributed by atoms with Crippen molar-refractivity contribution in [1.29, 1.82) is 0 Å². The van der Waals surface area contributed by atoms with Crippen molar-refractivity contribution in [2.24, 2.45) is 40.6 Å². The normalized spacial score (nSPS) is 14.6. The third-order valence-electron chi connectivity index (χ3n) is 8.15. The van der Waals surface area contributed by atoms with E-state index in [-0.39, 0.29) is 30.7 Å². The molecule has 1 aromatic rings. The molecule has 5 atom stereocenters. The van der Waals surface area contributed by atoms with Crippen LogP contribution in [0.5, 0.6) is 11.5 Å². The molecule has 0 saturated heterocycles. The zero-order valence-corrected chi connectivity index (χ0v) is 29.7. The number of carbonyl (C=O) groups excluding carboxylic acids is 2. The summed E-state index contributed by atoms with van der Waals surface area (Å²) in [4.78, 5) is 44.0. The number of nitrogens with two attached hydrogens (primary N) is 2. The molecule has 1 unspecified atom stereocenters. The molecule has 1 aromatic carbocycles. The molecule has 0 heterocycles. The first kappa shape index (κ1) is 44.5. The standard InChI is InChI=1S/C30H53N3O6.C4H6O5/c1-19(2)22(14-21-10-11-26(38-8)27(15-21)39-13-9-12-37-7)16-24(31)25(34)17-23(20(3)4)28(35)33-18-30(5,6)29(32)36;5-2(4(8)9)1-3(6)7/h10-11,15,19-20,22-25,34H,9,12-14,16-18,31H2,1-8H3,(H2,32,36)(H,33,35);2,5H,1H2,(H,6,7)(H,8,9)/t22-,23-,24-,25-;/m0./s1. The molecule has 14 heteroatoms. The molecule has 14 nitrogen and oxygen atoms in total. The van der Waals surface area contributed by atoms with E-state index in [4.69, 9.17) is 41.0 Å². The summed E-state index contributed by atoms with van der Waals surface area (Å²) < 4.78 is 16.5. The van der Waals surface area contributed by atoms with Gasteiger partial charge in [-0.25, -0.2) is 4.79 Å². The zero-order valence-electron chi connectivity index (χ0n) is 29.7. The molecule has 2 amide bonds. The summed E-state index contributed by atoms with van der Waals surface area (Å²) >= 11 is 0. The number of methoxy groups -OCH3 is 2. The summed E-state index contributed by atoms with van der Waals surface area (Å²) in [7, 11) is 3.29. The fraction of sp³-hybridized carbons (Fsp3) is 0.706. The summed E-state index contributed by atoms with van der Waals surface area (Å²) in [6.45, 7) is 12.9. The number of rotatable bonds is 22. The Morgan fingerprint density at radius 1 is 0.938 bits per heavy atom. The number of amides is 2. The number of hydrogen-bond acceptors (Lipinski definition) is 10. The number of benzene rings is 1. The minimum absolute atomic E-state index is 0.00829. The zero-order chi connectivity index (χ0) is 37.2. The van der Waals surface area contributed by atoms with Gasteiger partial charge in [-0.2, -0.15) is 0 Å². The van der Waals surface area contributed by atoms with E-state index in [1.54, 1.807) is 28.1 Å². The maximum atomic E-state index is 12.9. The largest absolute Gasteiger partial charge is 0.493 e. The highest BCUT2D eigenvalue weighted by atomic mass is 16.5. The van der Waals surface area contributed by atoms with E-state index in [1.165, 1.54) is 0 Å². The lowest BCUT2D eigenvalue weighted by Gasteiger charge is -2.30. The molecule has 276 valence electrons. The van der Waals surface area contributed by atoms with E-state index in [0.717, 1.165) is 18.4 Å². The molecule has 0 bridgehead atoms. The lowest BCUT2D eigenvalue weighted by molar-refractivity contribution is -0.152. The molecule has 48 heavy (non-hydrogen) atoms. The van der Waals surface area contributed by atoms with Crippen LogP contribution in [0.15, 0.2) is 18.2 Å². The molecule has 0 aliphatic rings. The van der Waals surface area contributed by atoms with Gasteiger partial charge in [0.2, 0.25) is 11.8 Å². The van der Waals surface area contributed by atoms with E-state index in [0.29, 0.717) is 37.1 Å². The van der Waals surface area contributed by atoms with Gasteiger partial charge in [0.15, 0.2) is 17.6 Å². The Labute approximate surface area is 284 Å². The minimum Gasteiger partial charge on any atom is -0.493 e. The molecule has 1 rings (SSSR count). The Bertz CT molecular complexity index is 1140. The van der Waals surface area contributed by atoms with Crippen LogP contribution in [0, 0.1) is 29.1 Å². The second-order valence-corrected chi connectivity index (χ2v) is 13.4. The molecular formula is C34H59N3O11.